The van der Waals surface area contributed by atoms with E-state index in [-0.39, 0.29) is 23.3 Å². The Morgan fingerprint density at radius 3 is 2.40 bits per heavy atom. The predicted octanol–water partition coefficient (Wildman–Crippen LogP) is 6.51. The van der Waals surface area contributed by atoms with Crippen molar-refractivity contribution >= 4 is 11.3 Å². The number of benzene rings is 2. The van der Waals surface area contributed by atoms with Gasteiger partial charge in [-0.2, -0.15) is 0 Å². The Morgan fingerprint density at radius 1 is 1.12 bits per heavy atom. The van der Waals surface area contributed by atoms with E-state index in [1.807, 2.05) is 38.1 Å². The Bertz CT molecular complexity index is 1590. The number of hydrogen-bond donors (Lipinski definition) is 4. The van der Waals surface area contributed by atoms with Crippen LogP contribution in [0.15, 0.2) is 96.3 Å². The second kappa shape index (κ2) is 10.6. The number of allylic oxidation sites excluding steroid dienone is 4. The van der Waals surface area contributed by atoms with Gasteiger partial charge < -0.3 is 30.9 Å². The van der Waals surface area contributed by atoms with E-state index < -0.39 is 5.60 Å². The number of nitrogens with one attached hydrogen (secondary N) is 1. The molecule has 5 N–H and O–H groups in total. The fourth-order valence-corrected chi connectivity index (χ4v) is 7.32. The van der Waals surface area contributed by atoms with E-state index in [0.717, 1.165) is 51.3 Å². The van der Waals surface area contributed by atoms with Crippen LogP contribution in [-0.2, 0) is 13.0 Å². The monoisotopic (exact) mass is 565 g/mol. The molecule has 0 fully saturated rings. The molecule has 42 heavy (non-hydrogen) atoms. The Kier molecular flexibility index (Phi) is 7.40. The summed E-state index contributed by atoms with van der Waals surface area (Å²) in [5, 5.41) is 26.4. The third-order valence-corrected chi connectivity index (χ3v) is 9.43. The molecule has 220 valence electrons. The molecule has 6 nitrogen and oxygen atoms in total. The van der Waals surface area contributed by atoms with Crippen LogP contribution >= 0.6 is 0 Å². The number of nitrogens with two attached hydrogens (primary N) is 1. The van der Waals surface area contributed by atoms with E-state index >= 15 is 0 Å². The number of aliphatic hydroxyl groups is 2. The van der Waals surface area contributed by atoms with Crippen LogP contribution in [0.1, 0.15) is 47.6 Å². The second-order valence-electron chi connectivity index (χ2n) is 12.3. The molecule has 0 radical (unpaired) electrons. The summed E-state index contributed by atoms with van der Waals surface area (Å²) >= 11 is 0. The van der Waals surface area contributed by atoms with Gasteiger partial charge in [0.05, 0.1) is 0 Å². The minimum Gasteiger partial charge on any atom is -0.512 e. The van der Waals surface area contributed by atoms with E-state index in [1.54, 1.807) is 0 Å². The molecule has 0 spiro atoms. The van der Waals surface area contributed by atoms with Gasteiger partial charge in [-0.25, -0.2) is 0 Å². The fraction of sp³-hybridized carbons (Fsp3) is 0.333. The van der Waals surface area contributed by atoms with Crippen LogP contribution in [0.3, 0.4) is 0 Å². The lowest BCUT2D eigenvalue weighted by molar-refractivity contribution is 0.0206. The van der Waals surface area contributed by atoms with Gasteiger partial charge in [0.25, 0.3) is 0 Å². The number of nitrogens with zero attached hydrogens (tertiary/aromatic N) is 1. The summed E-state index contributed by atoms with van der Waals surface area (Å²) in [5.41, 5.74) is 15.5. The van der Waals surface area contributed by atoms with Gasteiger partial charge >= 0.3 is 0 Å². The SMILES string of the molecule is C=C(NCc1cc(N(C)C)c2c(c1C)C(=C)C1=C(C)[C@]3(O)C(=C)C(C(=C)N)=C(O)C[C@@H]3C[C@@H]1C2)Oc1ccc(C)cc1. The smallest absolute Gasteiger partial charge is 0.186 e. The van der Waals surface area contributed by atoms with E-state index in [2.05, 4.69) is 63.6 Å². The van der Waals surface area contributed by atoms with Gasteiger partial charge in [0.15, 0.2) is 5.88 Å². The summed E-state index contributed by atoms with van der Waals surface area (Å²) in [4.78, 5) is 2.16. The minimum absolute atomic E-state index is 0.156. The molecule has 0 saturated heterocycles. The van der Waals surface area contributed by atoms with Crippen molar-refractivity contribution in [1.82, 2.24) is 5.32 Å². The zero-order valence-electron chi connectivity index (χ0n) is 25.5. The van der Waals surface area contributed by atoms with Crippen molar-refractivity contribution < 1.29 is 14.9 Å². The standard InChI is InChI=1S/C36H43N3O3/c1-19-10-12-29(13-11-19)42-25(7)38-18-27-16-31(39(8)9)30-15-26-14-28-17-32(40)35(24(6)37)23(5)36(28,41)22(4)34(26)21(3)33(30)20(27)2/h10-13,16,26,28,38,40-41H,3,5-7,14-15,17-18,37H2,1-2,4,8-9H3/t26-,28+,36+/m1/s1. The molecule has 0 amide bonds. The largest absolute Gasteiger partial charge is 0.512 e. The Hall–Kier alpha value is -4.16. The molecule has 0 heterocycles. The summed E-state index contributed by atoms with van der Waals surface area (Å²) < 4.78 is 5.92. The third kappa shape index (κ3) is 4.64. The Labute approximate surface area is 249 Å². The molecule has 2 aromatic carbocycles. The van der Waals surface area contributed by atoms with Gasteiger partial charge in [-0.3, -0.25) is 0 Å². The van der Waals surface area contributed by atoms with Crippen LogP contribution in [0.25, 0.3) is 5.57 Å². The Morgan fingerprint density at radius 2 is 1.79 bits per heavy atom. The third-order valence-electron chi connectivity index (χ3n) is 9.43. The number of aryl methyl sites for hydroxylation is 1. The summed E-state index contributed by atoms with van der Waals surface area (Å²) in [5.74, 6) is 1.33. The zero-order valence-corrected chi connectivity index (χ0v) is 25.5. The molecule has 6 heteroatoms. The molecule has 0 aromatic heterocycles. The molecular formula is C36H43N3O3. The minimum atomic E-state index is -1.32. The normalized spacial score (nSPS) is 23.2. The summed E-state index contributed by atoms with van der Waals surface area (Å²) in [7, 11) is 4.13. The van der Waals surface area contributed by atoms with Gasteiger partial charge in [0.1, 0.15) is 17.1 Å². The second-order valence-corrected chi connectivity index (χ2v) is 12.3. The topological polar surface area (TPSA) is 91.0 Å². The van der Waals surface area contributed by atoms with Crippen LogP contribution in [-0.4, -0.2) is 29.9 Å². The number of rotatable bonds is 7. The first kappa shape index (κ1) is 29.3. The molecule has 0 saturated carbocycles. The molecule has 3 aliphatic rings. The molecule has 3 atom stereocenters. The van der Waals surface area contributed by atoms with Gasteiger partial charge in [0.2, 0.25) is 0 Å². The highest BCUT2D eigenvalue weighted by atomic mass is 16.5. The quantitative estimate of drug-likeness (QED) is 0.286. The van der Waals surface area contributed by atoms with Crippen LogP contribution < -0.4 is 20.7 Å². The fourth-order valence-electron chi connectivity index (χ4n) is 7.32. The van der Waals surface area contributed by atoms with Crippen molar-refractivity contribution in [2.24, 2.45) is 17.6 Å². The highest BCUT2D eigenvalue weighted by Gasteiger charge is 2.53. The van der Waals surface area contributed by atoms with E-state index in [4.69, 9.17) is 10.5 Å². The average Bonchev–Trinajstić information content (AvgIpc) is 2.91. The predicted molar refractivity (Wildman–Crippen MR) is 172 cm³/mol. The maximum atomic E-state index is 12.2. The zero-order chi connectivity index (χ0) is 30.7. The lowest BCUT2D eigenvalue weighted by atomic mass is 9.56. The molecule has 2 aromatic rings. The van der Waals surface area contributed by atoms with Crippen molar-refractivity contribution in [3.05, 3.63) is 124 Å². The van der Waals surface area contributed by atoms with Crippen LogP contribution in [0.2, 0.25) is 0 Å². The average molecular weight is 566 g/mol. The number of fused-ring (bicyclic) bond motifs is 3. The molecular weight excluding hydrogens is 522 g/mol. The van der Waals surface area contributed by atoms with Crippen LogP contribution in [0.5, 0.6) is 5.75 Å². The lowest BCUT2D eigenvalue weighted by Crippen LogP contribution is -2.50. The number of aliphatic hydroxyl groups excluding tert-OH is 1. The summed E-state index contributed by atoms with van der Waals surface area (Å²) in [6.45, 7) is 23.5. The first-order valence-electron chi connectivity index (χ1n) is 14.4. The molecule has 0 unspecified atom stereocenters. The highest BCUT2D eigenvalue weighted by molar-refractivity contribution is 5.88. The van der Waals surface area contributed by atoms with Gasteiger partial charge in [-0.1, -0.05) is 37.4 Å². The van der Waals surface area contributed by atoms with Gasteiger partial charge in [0, 0.05) is 49.9 Å². The molecule has 5 rings (SSSR count). The first-order valence-corrected chi connectivity index (χ1v) is 14.4. The lowest BCUT2D eigenvalue weighted by Gasteiger charge is -2.51. The first-order chi connectivity index (χ1) is 19.7. The van der Waals surface area contributed by atoms with Gasteiger partial charge in [-0.15, -0.1) is 0 Å². The van der Waals surface area contributed by atoms with E-state index in [1.165, 1.54) is 11.1 Å². The van der Waals surface area contributed by atoms with E-state index in [0.29, 0.717) is 36.4 Å². The maximum Gasteiger partial charge on any atom is 0.186 e. The van der Waals surface area contributed by atoms with Crippen molar-refractivity contribution in [2.45, 2.75) is 52.2 Å². The molecule has 0 aliphatic heterocycles. The van der Waals surface area contributed by atoms with Gasteiger partial charge in [-0.05, 0) is 109 Å². The summed E-state index contributed by atoms with van der Waals surface area (Å²) in [6, 6.07) is 10.1. The number of ether oxygens (including phenoxy) is 1. The van der Waals surface area contributed by atoms with Crippen LogP contribution in [0.4, 0.5) is 5.69 Å². The highest BCUT2D eigenvalue weighted by Crippen LogP contribution is 2.57. The number of hydrogen-bond acceptors (Lipinski definition) is 6. The van der Waals surface area contributed by atoms with Crippen molar-refractivity contribution in [3.63, 3.8) is 0 Å². The molecule has 3 aliphatic carbocycles. The van der Waals surface area contributed by atoms with E-state index in [9.17, 15) is 10.2 Å². The summed E-state index contributed by atoms with van der Waals surface area (Å²) in [6.07, 6.45) is 1.87. The Balaban J connectivity index is 1.52. The van der Waals surface area contributed by atoms with Crippen molar-refractivity contribution in [3.8, 4) is 5.75 Å². The maximum absolute atomic E-state index is 12.2. The van der Waals surface area contributed by atoms with Crippen molar-refractivity contribution in [2.75, 3.05) is 19.0 Å². The van der Waals surface area contributed by atoms with Crippen LogP contribution in [0, 0.1) is 25.7 Å². The number of anilines is 1. The van der Waals surface area contributed by atoms with Crippen molar-refractivity contribution in [1.29, 1.82) is 0 Å². The molecule has 0 bridgehead atoms.